The summed E-state index contributed by atoms with van der Waals surface area (Å²) >= 11 is 0. The lowest BCUT2D eigenvalue weighted by molar-refractivity contribution is -0.121. The van der Waals surface area contributed by atoms with Crippen molar-refractivity contribution in [2.45, 2.75) is 52.9 Å². The number of amides is 1. The van der Waals surface area contributed by atoms with Gasteiger partial charge in [-0.2, -0.15) is 10.2 Å². The summed E-state index contributed by atoms with van der Waals surface area (Å²) in [5.41, 5.74) is 4.27. The second-order valence-electron chi connectivity index (χ2n) is 6.06. The molecule has 2 N–H and O–H groups in total. The number of aryl methyl sites for hydroxylation is 3. The van der Waals surface area contributed by atoms with Crippen LogP contribution in [0.3, 0.4) is 0 Å². The Morgan fingerprint density at radius 2 is 2.17 bits per heavy atom. The van der Waals surface area contributed by atoms with E-state index in [4.69, 9.17) is 0 Å². The molecule has 0 aromatic carbocycles. The van der Waals surface area contributed by atoms with Crippen LogP contribution in [-0.2, 0) is 31.0 Å². The predicted octanol–water partition coefficient (Wildman–Crippen LogP) is 1.32. The molecule has 2 aromatic rings. The molecule has 1 amide bonds. The van der Waals surface area contributed by atoms with Gasteiger partial charge >= 0.3 is 0 Å². The topological polar surface area (TPSA) is 76.8 Å². The van der Waals surface area contributed by atoms with E-state index in [1.54, 1.807) is 0 Å². The van der Waals surface area contributed by atoms with Crippen molar-refractivity contribution in [3.05, 3.63) is 34.9 Å². The molecule has 24 heavy (non-hydrogen) atoms. The van der Waals surface area contributed by atoms with Gasteiger partial charge in [-0.15, -0.1) is 12.4 Å². The van der Waals surface area contributed by atoms with Crippen molar-refractivity contribution in [3.8, 4) is 0 Å². The normalized spacial score (nSPS) is 13.2. The van der Waals surface area contributed by atoms with E-state index >= 15 is 0 Å². The van der Waals surface area contributed by atoms with E-state index in [1.165, 1.54) is 5.69 Å². The van der Waals surface area contributed by atoms with E-state index in [0.29, 0.717) is 13.0 Å². The summed E-state index contributed by atoms with van der Waals surface area (Å²) in [6, 6.07) is 4.11. The van der Waals surface area contributed by atoms with Crippen LogP contribution in [-0.4, -0.2) is 32.0 Å². The Morgan fingerprint density at radius 1 is 1.33 bits per heavy atom. The number of carbonyl (C=O) groups is 1. The van der Waals surface area contributed by atoms with Gasteiger partial charge < -0.3 is 10.6 Å². The molecule has 0 spiro atoms. The van der Waals surface area contributed by atoms with Crippen LogP contribution >= 0.6 is 12.4 Å². The van der Waals surface area contributed by atoms with Crippen molar-refractivity contribution in [1.82, 2.24) is 30.2 Å². The summed E-state index contributed by atoms with van der Waals surface area (Å²) in [6.45, 7) is 7.99. The quantitative estimate of drug-likeness (QED) is 0.822. The molecule has 0 radical (unpaired) electrons. The summed E-state index contributed by atoms with van der Waals surface area (Å²) in [4.78, 5) is 12.0. The SMILES string of the molecule is Cc1cc(C)n(CCCC(=O)NCc2cc3n(n2)CCNC3)n1.Cl. The van der Waals surface area contributed by atoms with Gasteiger partial charge in [0.25, 0.3) is 0 Å². The molecule has 0 unspecified atom stereocenters. The number of hydrogen-bond donors (Lipinski definition) is 2. The highest BCUT2D eigenvalue weighted by Gasteiger charge is 2.12. The largest absolute Gasteiger partial charge is 0.350 e. The smallest absolute Gasteiger partial charge is 0.220 e. The molecule has 0 atom stereocenters. The van der Waals surface area contributed by atoms with E-state index in [1.807, 2.05) is 23.2 Å². The van der Waals surface area contributed by atoms with Gasteiger partial charge in [0.15, 0.2) is 0 Å². The molecule has 3 heterocycles. The zero-order valence-corrected chi connectivity index (χ0v) is 15.0. The number of nitrogens with zero attached hydrogens (tertiary/aromatic N) is 4. The van der Waals surface area contributed by atoms with Crippen LogP contribution in [0.1, 0.15) is 35.6 Å². The van der Waals surface area contributed by atoms with Gasteiger partial charge in [0, 0.05) is 31.7 Å². The van der Waals surface area contributed by atoms with Crippen LogP contribution < -0.4 is 10.6 Å². The summed E-state index contributed by atoms with van der Waals surface area (Å²) in [5.74, 6) is 0.0654. The molecule has 8 heteroatoms. The Hall–Kier alpha value is -1.86. The van der Waals surface area contributed by atoms with Crippen LogP contribution in [0.15, 0.2) is 12.1 Å². The number of aromatic nitrogens is 4. The van der Waals surface area contributed by atoms with Gasteiger partial charge in [0.2, 0.25) is 5.91 Å². The van der Waals surface area contributed by atoms with Gasteiger partial charge in [-0.05, 0) is 32.4 Å². The van der Waals surface area contributed by atoms with E-state index < -0.39 is 0 Å². The molecular weight excluding hydrogens is 328 g/mol. The minimum absolute atomic E-state index is 0. The minimum atomic E-state index is 0. The number of fused-ring (bicyclic) bond motifs is 1. The van der Waals surface area contributed by atoms with Crippen molar-refractivity contribution in [2.75, 3.05) is 6.54 Å². The van der Waals surface area contributed by atoms with Crippen LogP contribution in [0, 0.1) is 13.8 Å². The first kappa shape index (κ1) is 18.5. The maximum absolute atomic E-state index is 12.0. The lowest BCUT2D eigenvalue weighted by Gasteiger charge is -2.13. The van der Waals surface area contributed by atoms with Gasteiger partial charge in [-0.3, -0.25) is 14.2 Å². The molecule has 0 saturated carbocycles. The highest BCUT2D eigenvalue weighted by molar-refractivity contribution is 5.85. The van der Waals surface area contributed by atoms with Crippen LogP contribution in [0.2, 0.25) is 0 Å². The molecule has 0 aliphatic carbocycles. The van der Waals surface area contributed by atoms with Gasteiger partial charge in [-0.1, -0.05) is 0 Å². The number of nitrogens with one attached hydrogen (secondary N) is 2. The third-order valence-corrected chi connectivity index (χ3v) is 4.06. The molecule has 0 fully saturated rings. The lowest BCUT2D eigenvalue weighted by atomic mass is 10.2. The number of halogens is 1. The van der Waals surface area contributed by atoms with Crippen LogP contribution in [0.25, 0.3) is 0 Å². The predicted molar refractivity (Wildman–Crippen MR) is 94.0 cm³/mol. The molecule has 0 bridgehead atoms. The first-order valence-electron chi connectivity index (χ1n) is 8.16. The molecule has 1 aliphatic rings. The monoisotopic (exact) mass is 352 g/mol. The zero-order chi connectivity index (χ0) is 16.2. The fourth-order valence-corrected chi connectivity index (χ4v) is 2.91. The van der Waals surface area contributed by atoms with E-state index in [0.717, 1.165) is 49.7 Å². The van der Waals surface area contributed by atoms with Gasteiger partial charge in [-0.25, -0.2) is 0 Å². The van der Waals surface area contributed by atoms with E-state index in [-0.39, 0.29) is 18.3 Å². The average molecular weight is 353 g/mol. The number of rotatable bonds is 6. The summed E-state index contributed by atoms with van der Waals surface area (Å²) < 4.78 is 3.97. The van der Waals surface area contributed by atoms with E-state index in [2.05, 4.69) is 33.0 Å². The van der Waals surface area contributed by atoms with Gasteiger partial charge in [0.1, 0.15) is 0 Å². The number of carbonyl (C=O) groups excluding carboxylic acids is 1. The van der Waals surface area contributed by atoms with Crippen molar-refractivity contribution < 1.29 is 4.79 Å². The molecule has 7 nitrogen and oxygen atoms in total. The van der Waals surface area contributed by atoms with Crippen molar-refractivity contribution in [1.29, 1.82) is 0 Å². The third kappa shape index (κ3) is 4.58. The fourth-order valence-electron chi connectivity index (χ4n) is 2.91. The van der Waals surface area contributed by atoms with Gasteiger partial charge in [0.05, 0.1) is 30.2 Å². The Morgan fingerprint density at radius 3 is 2.88 bits per heavy atom. The molecular formula is C16H25ClN6O. The summed E-state index contributed by atoms with van der Waals surface area (Å²) in [5, 5.41) is 15.2. The second-order valence-corrected chi connectivity index (χ2v) is 6.06. The first-order valence-corrected chi connectivity index (χ1v) is 8.16. The van der Waals surface area contributed by atoms with Crippen LogP contribution in [0.4, 0.5) is 0 Å². The Balaban J connectivity index is 0.00000208. The molecule has 2 aromatic heterocycles. The second kappa shape index (κ2) is 8.30. The van der Waals surface area contributed by atoms with E-state index in [9.17, 15) is 4.79 Å². The maximum Gasteiger partial charge on any atom is 0.220 e. The Labute approximate surface area is 148 Å². The summed E-state index contributed by atoms with van der Waals surface area (Å²) in [7, 11) is 0. The van der Waals surface area contributed by atoms with Crippen molar-refractivity contribution in [3.63, 3.8) is 0 Å². The molecule has 132 valence electrons. The average Bonchev–Trinajstić information content (AvgIpc) is 3.08. The van der Waals surface area contributed by atoms with Crippen molar-refractivity contribution >= 4 is 18.3 Å². The summed E-state index contributed by atoms with van der Waals surface area (Å²) in [6.07, 6.45) is 1.30. The number of hydrogen-bond acceptors (Lipinski definition) is 4. The molecule has 3 rings (SSSR count). The maximum atomic E-state index is 12.0. The Bertz CT molecular complexity index is 669. The fraction of sp³-hybridized carbons (Fsp3) is 0.562. The van der Waals surface area contributed by atoms with Crippen LogP contribution in [0.5, 0.6) is 0 Å². The highest BCUT2D eigenvalue weighted by Crippen LogP contribution is 2.08. The highest BCUT2D eigenvalue weighted by atomic mass is 35.5. The molecule has 1 aliphatic heterocycles. The lowest BCUT2D eigenvalue weighted by Crippen LogP contribution is -2.28. The standard InChI is InChI=1S/C16H24N6O.ClH/c1-12-8-13(2)21(19-12)6-3-4-16(23)18-10-14-9-15-11-17-5-7-22(15)20-14;/h8-9,17H,3-7,10-11H2,1-2H3,(H,18,23);1H. The van der Waals surface area contributed by atoms with Crippen molar-refractivity contribution in [2.24, 2.45) is 0 Å². The zero-order valence-electron chi connectivity index (χ0n) is 14.2. The first-order chi connectivity index (χ1) is 11.1. The Kier molecular flexibility index (Phi) is 6.39. The third-order valence-electron chi connectivity index (χ3n) is 4.06. The minimum Gasteiger partial charge on any atom is -0.350 e. The molecule has 0 saturated heterocycles.